The van der Waals surface area contributed by atoms with E-state index in [0.717, 1.165) is 19.0 Å². The van der Waals surface area contributed by atoms with Crippen molar-refractivity contribution in [2.24, 2.45) is 17.1 Å². The Morgan fingerprint density at radius 3 is 2.50 bits per heavy atom. The number of benzene rings is 1. The van der Waals surface area contributed by atoms with Crippen molar-refractivity contribution in [2.45, 2.75) is 38.1 Å². The SMILES string of the molecule is CC(N)(CNCC1(C2CC2)CC1)c1ccccc1. The van der Waals surface area contributed by atoms with Crippen LogP contribution >= 0.6 is 0 Å². The third kappa shape index (κ3) is 2.45. The van der Waals surface area contributed by atoms with Gasteiger partial charge in [0, 0.05) is 13.1 Å². The van der Waals surface area contributed by atoms with Crippen molar-refractivity contribution in [3.63, 3.8) is 0 Å². The van der Waals surface area contributed by atoms with Gasteiger partial charge in [-0.3, -0.25) is 0 Å². The summed E-state index contributed by atoms with van der Waals surface area (Å²) in [5.74, 6) is 1.02. The zero-order chi connectivity index (χ0) is 12.6. The molecule has 0 heterocycles. The monoisotopic (exact) mass is 244 g/mol. The van der Waals surface area contributed by atoms with E-state index in [1.165, 1.54) is 31.2 Å². The Balaban J connectivity index is 1.53. The van der Waals surface area contributed by atoms with Gasteiger partial charge in [-0.25, -0.2) is 0 Å². The first kappa shape index (κ1) is 12.2. The molecule has 0 spiro atoms. The van der Waals surface area contributed by atoms with E-state index < -0.39 is 0 Å². The zero-order valence-corrected chi connectivity index (χ0v) is 11.3. The summed E-state index contributed by atoms with van der Waals surface area (Å²) < 4.78 is 0. The van der Waals surface area contributed by atoms with E-state index in [9.17, 15) is 0 Å². The molecule has 18 heavy (non-hydrogen) atoms. The van der Waals surface area contributed by atoms with Gasteiger partial charge in [-0.05, 0) is 49.5 Å². The van der Waals surface area contributed by atoms with Crippen molar-refractivity contribution in [2.75, 3.05) is 13.1 Å². The quantitative estimate of drug-likeness (QED) is 0.807. The molecule has 0 aliphatic heterocycles. The first-order valence-corrected chi connectivity index (χ1v) is 7.18. The van der Waals surface area contributed by atoms with Gasteiger partial charge in [-0.15, -0.1) is 0 Å². The minimum Gasteiger partial charge on any atom is -0.321 e. The van der Waals surface area contributed by atoms with Crippen LogP contribution in [0.5, 0.6) is 0 Å². The summed E-state index contributed by atoms with van der Waals surface area (Å²) in [4.78, 5) is 0. The molecule has 2 nitrogen and oxygen atoms in total. The maximum atomic E-state index is 6.42. The van der Waals surface area contributed by atoms with Crippen molar-refractivity contribution < 1.29 is 0 Å². The number of hydrogen-bond acceptors (Lipinski definition) is 2. The molecule has 1 aromatic rings. The highest BCUT2D eigenvalue weighted by molar-refractivity contribution is 5.23. The normalized spacial score (nSPS) is 24.6. The number of nitrogens with one attached hydrogen (secondary N) is 1. The van der Waals surface area contributed by atoms with Crippen LogP contribution in [0.3, 0.4) is 0 Å². The highest BCUT2D eigenvalue weighted by Gasteiger charge is 2.53. The molecule has 98 valence electrons. The van der Waals surface area contributed by atoms with Crippen molar-refractivity contribution in [1.82, 2.24) is 5.32 Å². The fourth-order valence-electron chi connectivity index (χ4n) is 3.08. The van der Waals surface area contributed by atoms with Gasteiger partial charge in [0.25, 0.3) is 0 Å². The standard InChI is InChI=1S/C16H24N2/c1-15(17,13-5-3-2-4-6-13)11-18-12-16(9-10-16)14-7-8-14/h2-6,14,18H,7-12,17H2,1H3. The van der Waals surface area contributed by atoms with Crippen LogP contribution in [0.25, 0.3) is 0 Å². The molecule has 2 aliphatic carbocycles. The third-order valence-corrected chi connectivity index (χ3v) is 4.74. The zero-order valence-electron chi connectivity index (χ0n) is 11.3. The van der Waals surface area contributed by atoms with Crippen LogP contribution < -0.4 is 11.1 Å². The average molecular weight is 244 g/mol. The van der Waals surface area contributed by atoms with Crippen molar-refractivity contribution in [3.05, 3.63) is 35.9 Å². The van der Waals surface area contributed by atoms with E-state index in [1.54, 1.807) is 0 Å². The minimum absolute atomic E-state index is 0.263. The maximum Gasteiger partial charge on any atom is 0.0507 e. The summed E-state index contributed by atoms with van der Waals surface area (Å²) in [7, 11) is 0. The Morgan fingerprint density at radius 1 is 1.28 bits per heavy atom. The van der Waals surface area contributed by atoms with E-state index in [4.69, 9.17) is 5.73 Å². The molecular weight excluding hydrogens is 220 g/mol. The van der Waals surface area contributed by atoms with E-state index in [0.29, 0.717) is 5.41 Å². The van der Waals surface area contributed by atoms with Crippen molar-refractivity contribution >= 4 is 0 Å². The summed E-state index contributed by atoms with van der Waals surface area (Å²) >= 11 is 0. The molecule has 0 aromatic heterocycles. The summed E-state index contributed by atoms with van der Waals surface area (Å²) in [6.45, 7) is 4.15. The molecule has 0 radical (unpaired) electrons. The topological polar surface area (TPSA) is 38.0 Å². The molecule has 3 N–H and O–H groups in total. The fraction of sp³-hybridized carbons (Fsp3) is 0.625. The van der Waals surface area contributed by atoms with Crippen LogP contribution in [0.4, 0.5) is 0 Å². The molecular formula is C16H24N2. The van der Waals surface area contributed by atoms with Crippen LogP contribution in [-0.2, 0) is 5.54 Å². The summed E-state index contributed by atoms with van der Waals surface area (Å²) in [6.07, 6.45) is 5.77. The van der Waals surface area contributed by atoms with Crippen LogP contribution in [0, 0.1) is 11.3 Å². The van der Waals surface area contributed by atoms with Crippen LogP contribution in [-0.4, -0.2) is 13.1 Å². The molecule has 1 unspecified atom stereocenters. The predicted octanol–water partition coefficient (Wildman–Crippen LogP) is 2.64. The Hall–Kier alpha value is -0.860. The first-order valence-electron chi connectivity index (χ1n) is 7.18. The maximum absolute atomic E-state index is 6.42. The van der Waals surface area contributed by atoms with Crippen LogP contribution in [0.1, 0.15) is 38.2 Å². The summed E-state index contributed by atoms with van der Waals surface area (Å²) in [6, 6.07) is 10.4. The minimum atomic E-state index is -0.263. The second-order valence-corrected chi connectivity index (χ2v) is 6.52. The lowest BCUT2D eigenvalue weighted by Gasteiger charge is -2.27. The second-order valence-electron chi connectivity index (χ2n) is 6.52. The van der Waals surface area contributed by atoms with Gasteiger partial charge >= 0.3 is 0 Å². The van der Waals surface area contributed by atoms with Gasteiger partial charge in [0.1, 0.15) is 0 Å². The van der Waals surface area contributed by atoms with E-state index in [2.05, 4.69) is 36.5 Å². The largest absolute Gasteiger partial charge is 0.321 e. The molecule has 2 heteroatoms. The Morgan fingerprint density at radius 2 is 1.94 bits per heavy atom. The first-order chi connectivity index (χ1) is 8.62. The van der Waals surface area contributed by atoms with Gasteiger partial charge in [-0.2, -0.15) is 0 Å². The Bertz CT molecular complexity index is 402. The van der Waals surface area contributed by atoms with Crippen molar-refractivity contribution in [3.8, 4) is 0 Å². The molecule has 1 aromatic carbocycles. The molecule has 2 fully saturated rings. The molecule has 2 saturated carbocycles. The molecule has 0 bridgehead atoms. The average Bonchev–Trinajstić information content (AvgIpc) is 3.23. The smallest absolute Gasteiger partial charge is 0.0507 e. The highest BCUT2D eigenvalue weighted by atomic mass is 15.0. The molecule has 0 amide bonds. The fourth-order valence-corrected chi connectivity index (χ4v) is 3.08. The Labute approximate surface area is 110 Å². The highest BCUT2D eigenvalue weighted by Crippen LogP contribution is 2.60. The van der Waals surface area contributed by atoms with E-state index >= 15 is 0 Å². The second kappa shape index (κ2) is 4.36. The van der Waals surface area contributed by atoms with E-state index in [1.807, 2.05) is 6.07 Å². The van der Waals surface area contributed by atoms with Gasteiger partial charge in [-0.1, -0.05) is 30.3 Å². The van der Waals surface area contributed by atoms with E-state index in [-0.39, 0.29) is 5.54 Å². The molecule has 3 rings (SSSR count). The van der Waals surface area contributed by atoms with Gasteiger partial charge < -0.3 is 11.1 Å². The van der Waals surface area contributed by atoms with Gasteiger partial charge in [0.2, 0.25) is 0 Å². The molecule has 2 aliphatic rings. The third-order valence-electron chi connectivity index (χ3n) is 4.74. The Kier molecular flexibility index (Phi) is 2.95. The number of rotatable bonds is 6. The number of hydrogen-bond donors (Lipinski definition) is 2. The predicted molar refractivity (Wildman–Crippen MR) is 75.2 cm³/mol. The summed E-state index contributed by atoms with van der Waals surface area (Å²) in [5, 5.41) is 3.62. The molecule has 0 saturated heterocycles. The van der Waals surface area contributed by atoms with Crippen molar-refractivity contribution in [1.29, 1.82) is 0 Å². The lowest BCUT2D eigenvalue weighted by atomic mass is 9.92. The van der Waals surface area contributed by atoms with Crippen LogP contribution in [0.15, 0.2) is 30.3 Å². The lowest BCUT2D eigenvalue weighted by molar-refractivity contribution is 0.365. The lowest BCUT2D eigenvalue weighted by Crippen LogP contribution is -2.44. The summed E-state index contributed by atoms with van der Waals surface area (Å²) in [5.41, 5.74) is 8.03. The molecule has 1 atom stereocenters. The van der Waals surface area contributed by atoms with Gasteiger partial charge in [0.05, 0.1) is 5.54 Å². The number of nitrogens with two attached hydrogens (primary N) is 1. The van der Waals surface area contributed by atoms with Gasteiger partial charge in [0.15, 0.2) is 0 Å². The van der Waals surface area contributed by atoms with Crippen LogP contribution in [0.2, 0.25) is 0 Å².